The lowest BCUT2D eigenvalue weighted by molar-refractivity contribution is 0.0480. The minimum Gasteiger partial charge on any atom is -0.462 e. The van der Waals surface area contributed by atoms with Gasteiger partial charge >= 0.3 is 11.9 Å². The Bertz CT molecular complexity index is 1100. The fourth-order valence-electron chi connectivity index (χ4n) is 3.10. The van der Waals surface area contributed by atoms with Gasteiger partial charge in [-0.2, -0.15) is 0 Å². The van der Waals surface area contributed by atoms with Crippen molar-refractivity contribution in [2.75, 3.05) is 18.5 Å². The lowest BCUT2D eigenvalue weighted by Crippen LogP contribution is -2.14. The maximum atomic E-state index is 12.6. The summed E-state index contributed by atoms with van der Waals surface area (Å²) in [5.74, 6) is -0.0843. The summed E-state index contributed by atoms with van der Waals surface area (Å²) in [7, 11) is 0. The van der Waals surface area contributed by atoms with Crippen LogP contribution in [-0.4, -0.2) is 35.1 Å². The zero-order valence-electron chi connectivity index (χ0n) is 18.2. The van der Waals surface area contributed by atoms with E-state index in [0.717, 1.165) is 11.1 Å². The number of aryl methyl sites for hydroxylation is 3. The third-order valence-corrected chi connectivity index (χ3v) is 4.47. The molecule has 0 radical (unpaired) electrons. The molecule has 31 heavy (non-hydrogen) atoms. The Morgan fingerprint density at radius 2 is 1.55 bits per heavy atom. The normalized spacial score (nSPS) is 10.6. The molecule has 0 aliphatic heterocycles. The van der Waals surface area contributed by atoms with Crippen LogP contribution in [0.25, 0.3) is 11.3 Å². The first-order chi connectivity index (χ1) is 14.8. The summed E-state index contributed by atoms with van der Waals surface area (Å²) in [5.41, 5.74) is 2.79. The highest BCUT2D eigenvalue weighted by molar-refractivity contribution is 6.07. The number of hydrogen-bond donors (Lipinski definition) is 1. The van der Waals surface area contributed by atoms with Crippen molar-refractivity contribution in [3.63, 3.8) is 0 Å². The zero-order valence-corrected chi connectivity index (χ0v) is 18.2. The van der Waals surface area contributed by atoms with Crippen LogP contribution in [0.4, 0.5) is 11.7 Å². The molecule has 0 aliphatic rings. The number of rotatable bonds is 7. The van der Waals surface area contributed by atoms with Gasteiger partial charge in [0.25, 0.3) is 0 Å². The average molecular weight is 423 g/mol. The molecule has 8 heteroatoms. The van der Waals surface area contributed by atoms with E-state index in [1.165, 1.54) is 0 Å². The molecule has 0 amide bonds. The maximum absolute atomic E-state index is 12.6. The van der Waals surface area contributed by atoms with Crippen LogP contribution in [0.1, 0.15) is 51.7 Å². The largest absolute Gasteiger partial charge is 0.462 e. The van der Waals surface area contributed by atoms with Crippen LogP contribution in [0.15, 0.2) is 34.7 Å². The highest BCUT2D eigenvalue weighted by atomic mass is 16.5. The Morgan fingerprint density at radius 3 is 2.16 bits per heavy atom. The predicted octanol–water partition coefficient (Wildman–Crippen LogP) is 4.76. The SMILES string of the molecule is CCOC(=O)c1c(C)oc(Nc2cc(-c3ccc(C)cc3)nc(C)n2)c1C(=O)OCC. The zero-order chi connectivity index (χ0) is 22.5. The van der Waals surface area contributed by atoms with E-state index >= 15 is 0 Å². The summed E-state index contributed by atoms with van der Waals surface area (Å²) < 4.78 is 15.9. The number of furan rings is 1. The molecular formula is C23H25N3O5. The van der Waals surface area contributed by atoms with Crippen molar-refractivity contribution in [3.05, 3.63) is 58.6 Å². The number of aromatic nitrogens is 2. The lowest BCUT2D eigenvalue weighted by Gasteiger charge is -2.09. The van der Waals surface area contributed by atoms with Crippen LogP contribution in [-0.2, 0) is 9.47 Å². The van der Waals surface area contributed by atoms with Gasteiger partial charge in [-0.1, -0.05) is 29.8 Å². The van der Waals surface area contributed by atoms with E-state index < -0.39 is 11.9 Å². The van der Waals surface area contributed by atoms with E-state index in [4.69, 9.17) is 13.9 Å². The minimum atomic E-state index is -0.686. The number of hydrogen-bond acceptors (Lipinski definition) is 8. The first kappa shape index (κ1) is 22.0. The highest BCUT2D eigenvalue weighted by Crippen LogP contribution is 2.31. The number of nitrogens with one attached hydrogen (secondary N) is 1. The molecule has 0 unspecified atom stereocenters. The molecule has 1 aromatic carbocycles. The maximum Gasteiger partial charge on any atom is 0.344 e. The van der Waals surface area contributed by atoms with E-state index in [1.807, 2.05) is 31.2 Å². The van der Waals surface area contributed by atoms with Crippen LogP contribution in [0.3, 0.4) is 0 Å². The number of benzene rings is 1. The van der Waals surface area contributed by atoms with Crippen molar-refractivity contribution in [2.45, 2.75) is 34.6 Å². The second-order valence-electron chi connectivity index (χ2n) is 6.85. The van der Waals surface area contributed by atoms with Crippen LogP contribution < -0.4 is 5.32 Å². The monoisotopic (exact) mass is 423 g/mol. The lowest BCUT2D eigenvalue weighted by atomic mass is 10.1. The van der Waals surface area contributed by atoms with Gasteiger partial charge in [-0.3, -0.25) is 0 Å². The molecule has 3 rings (SSSR count). The van der Waals surface area contributed by atoms with Crippen molar-refractivity contribution in [2.24, 2.45) is 0 Å². The quantitative estimate of drug-likeness (QED) is 0.543. The molecule has 2 heterocycles. The molecule has 3 aromatic rings. The smallest absolute Gasteiger partial charge is 0.344 e. The Labute approximate surface area is 180 Å². The molecule has 0 fully saturated rings. The highest BCUT2D eigenvalue weighted by Gasteiger charge is 2.31. The van der Waals surface area contributed by atoms with Gasteiger partial charge in [0.15, 0.2) is 0 Å². The Hall–Kier alpha value is -3.68. The molecule has 2 aromatic heterocycles. The molecular weight excluding hydrogens is 398 g/mol. The van der Waals surface area contributed by atoms with Gasteiger partial charge in [0, 0.05) is 11.6 Å². The number of esters is 2. The number of nitrogens with zero attached hydrogens (tertiary/aromatic N) is 2. The second kappa shape index (κ2) is 9.42. The Morgan fingerprint density at radius 1 is 0.935 bits per heavy atom. The molecule has 0 atom stereocenters. The van der Waals surface area contributed by atoms with E-state index in [0.29, 0.717) is 17.3 Å². The molecule has 162 valence electrons. The van der Waals surface area contributed by atoms with Crippen molar-refractivity contribution >= 4 is 23.6 Å². The summed E-state index contributed by atoms with van der Waals surface area (Å²) in [5, 5.41) is 3.01. The van der Waals surface area contributed by atoms with E-state index in [9.17, 15) is 9.59 Å². The van der Waals surface area contributed by atoms with Gasteiger partial charge in [-0.25, -0.2) is 19.6 Å². The molecule has 0 spiro atoms. The topological polar surface area (TPSA) is 104 Å². The van der Waals surface area contributed by atoms with Gasteiger partial charge in [-0.15, -0.1) is 0 Å². The molecule has 1 N–H and O–H groups in total. The summed E-state index contributed by atoms with van der Waals surface area (Å²) in [6.45, 7) is 9.06. The standard InChI is InChI=1S/C23H25N3O5/c1-6-29-22(27)19-14(4)31-21(20(19)23(28)30-7-2)26-18-12-17(24-15(5)25-18)16-10-8-13(3)9-11-16/h8-12H,6-7H2,1-5H3,(H,24,25,26). The Balaban J connectivity index is 2.04. The first-order valence-electron chi connectivity index (χ1n) is 10.0. The minimum absolute atomic E-state index is 0.0223. The molecule has 8 nitrogen and oxygen atoms in total. The number of anilines is 2. The van der Waals surface area contributed by atoms with Crippen LogP contribution in [0.5, 0.6) is 0 Å². The van der Waals surface area contributed by atoms with Crippen LogP contribution in [0.2, 0.25) is 0 Å². The third kappa shape index (κ3) is 4.91. The van der Waals surface area contributed by atoms with Gasteiger partial charge in [0.1, 0.15) is 28.5 Å². The van der Waals surface area contributed by atoms with E-state index in [1.54, 1.807) is 33.8 Å². The van der Waals surface area contributed by atoms with Crippen molar-refractivity contribution in [1.29, 1.82) is 0 Å². The summed E-state index contributed by atoms with van der Waals surface area (Å²) in [6.07, 6.45) is 0. The number of carbonyl (C=O) groups is 2. The van der Waals surface area contributed by atoms with Crippen molar-refractivity contribution in [3.8, 4) is 11.3 Å². The fourth-order valence-corrected chi connectivity index (χ4v) is 3.10. The molecule has 0 aliphatic carbocycles. The second-order valence-corrected chi connectivity index (χ2v) is 6.85. The Kier molecular flexibility index (Phi) is 6.69. The molecule has 0 saturated carbocycles. The van der Waals surface area contributed by atoms with Crippen LogP contribution in [0, 0.1) is 20.8 Å². The van der Waals surface area contributed by atoms with Gasteiger partial charge in [0.05, 0.1) is 18.9 Å². The number of carbonyl (C=O) groups excluding carboxylic acids is 2. The van der Waals surface area contributed by atoms with Crippen molar-refractivity contribution < 1.29 is 23.5 Å². The summed E-state index contributed by atoms with van der Waals surface area (Å²) in [4.78, 5) is 33.9. The number of ether oxygens (including phenoxy) is 2. The van der Waals surface area contributed by atoms with Gasteiger partial charge in [-0.05, 0) is 34.6 Å². The molecule has 0 bridgehead atoms. The fraction of sp³-hybridized carbons (Fsp3) is 0.304. The summed E-state index contributed by atoms with van der Waals surface area (Å²) >= 11 is 0. The molecule has 0 saturated heterocycles. The van der Waals surface area contributed by atoms with Gasteiger partial charge < -0.3 is 19.2 Å². The summed E-state index contributed by atoms with van der Waals surface area (Å²) in [6, 6.07) is 9.69. The van der Waals surface area contributed by atoms with E-state index in [2.05, 4.69) is 15.3 Å². The van der Waals surface area contributed by atoms with Crippen LogP contribution >= 0.6 is 0 Å². The van der Waals surface area contributed by atoms with E-state index in [-0.39, 0.29) is 36.0 Å². The third-order valence-electron chi connectivity index (χ3n) is 4.47. The average Bonchev–Trinajstić information content (AvgIpc) is 3.04. The van der Waals surface area contributed by atoms with Crippen molar-refractivity contribution in [1.82, 2.24) is 9.97 Å². The first-order valence-corrected chi connectivity index (χ1v) is 10.0. The van der Waals surface area contributed by atoms with Gasteiger partial charge in [0.2, 0.25) is 5.88 Å². The predicted molar refractivity (Wildman–Crippen MR) is 116 cm³/mol.